The minimum Gasteiger partial charge on any atom is -0.195 e. The van der Waals surface area contributed by atoms with E-state index in [1.165, 1.54) is 30.3 Å². The third kappa shape index (κ3) is 3.07. The van der Waals surface area contributed by atoms with Gasteiger partial charge in [-0.25, -0.2) is 0 Å². The van der Waals surface area contributed by atoms with E-state index < -0.39 is 35.6 Å². The Labute approximate surface area is 119 Å². The lowest BCUT2D eigenvalue weighted by molar-refractivity contribution is -0.388. The minimum absolute atomic E-state index is 0.0201. The third-order valence-corrected chi connectivity index (χ3v) is 2.80. The second-order valence-electron chi connectivity index (χ2n) is 4.46. The first-order chi connectivity index (χ1) is 9.74. The van der Waals surface area contributed by atoms with E-state index in [0.717, 1.165) is 6.92 Å². The molecule has 0 saturated heterocycles. The van der Waals surface area contributed by atoms with E-state index in [9.17, 15) is 39.5 Å². The fraction of sp³-hybridized carbons (Fsp3) is 0.385. The number of alkyl halides is 9. The Kier molecular flexibility index (Phi) is 4.60. The summed E-state index contributed by atoms with van der Waals surface area (Å²) in [6.45, 7) is 0.894. The van der Waals surface area contributed by atoms with Gasteiger partial charge in [0.2, 0.25) is 0 Å². The Hall–Kier alpha value is -1.67. The van der Waals surface area contributed by atoms with E-state index in [4.69, 9.17) is 0 Å². The van der Waals surface area contributed by atoms with Gasteiger partial charge in [-0.1, -0.05) is 30.3 Å². The van der Waals surface area contributed by atoms with E-state index >= 15 is 0 Å². The summed E-state index contributed by atoms with van der Waals surface area (Å²) >= 11 is 0. The Balaban J connectivity index is 3.28. The average Bonchev–Trinajstić information content (AvgIpc) is 2.37. The number of halogens is 9. The Morgan fingerprint density at radius 2 is 1.23 bits per heavy atom. The lowest BCUT2D eigenvalue weighted by atomic mass is 9.99. The second-order valence-corrected chi connectivity index (χ2v) is 4.46. The van der Waals surface area contributed by atoms with Crippen LogP contribution in [0.4, 0.5) is 39.5 Å². The fourth-order valence-electron chi connectivity index (χ4n) is 1.53. The highest BCUT2D eigenvalue weighted by Gasteiger charge is 2.81. The van der Waals surface area contributed by atoms with Gasteiger partial charge in [-0.2, -0.15) is 39.5 Å². The van der Waals surface area contributed by atoms with E-state index in [0.29, 0.717) is 0 Å². The fourth-order valence-corrected chi connectivity index (χ4v) is 1.53. The van der Waals surface area contributed by atoms with Crippen LogP contribution in [0.3, 0.4) is 0 Å². The van der Waals surface area contributed by atoms with Crippen LogP contribution < -0.4 is 0 Å². The monoisotopic (exact) mass is 336 g/mol. The highest BCUT2D eigenvalue weighted by atomic mass is 19.4. The molecule has 1 aromatic carbocycles. The molecular weight excluding hydrogens is 327 g/mol. The van der Waals surface area contributed by atoms with Crippen LogP contribution in [0.1, 0.15) is 12.5 Å². The topological polar surface area (TPSA) is 0 Å². The SMILES string of the molecule is C/C(=C\C(F)(F)C(F)(F)C(F)(F)C(F)(F)F)c1ccccc1. The van der Waals surface area contributed by atoms with Gasteiger partial charge in [0.1, 0.15) is 0 Å². The van der Waals surface area contributed by atoms with Crippen molar-refractivity contribution in [2.45, 2.75) is 30.9 Å². The van der Waals surface area contributed by atoms with Crippen molar-refractivity contribution < 1.29 is 39.5 Å². The summed E-state index contributed by atoms with van der Waals surface area (Å²) in [5, 5.41) is 0. The van der Waals surface area contributed by atoms with Crippen LogP contribution >= 0.6 is 0 Å². The number of hydrogen-bond acceptors (Lipinski definition) is 0. The summed E-state index contributed by atoms with van der Waals surface area (Å²) in [6.07, 6.45) is -7.41. The van der Waals surface area contributed by atoms with Gasteiger partial charge in [-0.05, 0) is 24.1 Å². The van der Waals surface area contributed by atoms with Gasteiger partial charge >= 0.3 is 23.9 Å². The zero-order chi connectivity index (χ0) is 17.4. The molecule has 0 heterocycles. The molecule has 0 unspecified atom stereocenters. The van der Waals surface area contributed by atoms with E-state index in [-0.39, 0.29) is 5.56 Å². The van der Waals surface area contributed by atoms with Gasteiger partial charge in [-0.3, -0.25) is 0 Å². The third-order valence-electron chi connectivity index (χ3n) is 2.80. The number of hydrogen-bond donors (Lipinski definition) is 0. The average molecular weight is 336 g/mol. The van der Waals surface area contributed by atoms with Crippen molar-refractivity contribution in [3.63, 3.8) is 0 Å². The van der Waals surface area contributed by atoms with Crippen LogP contribution in [0.2, 0.25) is 0 Å². The molecule has 0 saturated carbocycles. The Morgan fingerprint density at radius 3 is 1.64 bits per heavy atom. The smallest absolute Gasteiger partial charge is 0.195 e. The molecule has 1 aromatic rings. The highest BCUT2D eigenvalue weighted by Crippen LogP contribution is 2.53. The highest BCUT2D eigenvalue weighted by molar-refractivity contribution is 5.64. The molecule has 0 bridgehead atoms. The number of allylic oxidation sites excluding steroid dienone is 2. The summed E-state index contributed by atoms with van der Waals surface area (Å²) in [5.74, 6) is -19.2. The molecule has 22 heavy (non-hydrogen) atoms. The zero-order valence-electron chi connectivity index (χ0n) is 10.9. The van der Waals surface area contributed by atoms with Crippen molar-refractivity contribution in [3.05, 3.63) is 42.0 Å². The van der Waals surface area contributed by atoms with E-state index in [1.54, 1.807) is 0 Å². The Morgan fingerprint density at radius 1 is 0.773 bits per heavy atom. The molecule has 0 fully saturated rings. The maximum Gasteiger partial charge on any atom is 0.460 e. The molecule has 1 rings (SSSR count). The van der Waals surface area contributed by atoms with Crippen LogP contribution in [-0.4, -0.2) is 23.9 Å². The largest absolute Gasteiger partial charge is 0.460 e. The Bertz CT molecular complexity index is 540. The predicted octanol–water partition coefficient (Wildman–Crippen LogP) is 5.56. The molecule has 0 nitrogen and oxygen atoms in total. The van der Waals surface area contributed by atoms with Crippen molar-refractivity contribution in [2.75, 3.05) is 0 Å². The standard InChI is InChI=1S/C13H9F9/c1-8(9-5-3-2-4-6-9)7-10(14,15)11(16,17)12(18,19)13(20,21)22/h2-7H,1H3/b8-7+. The zero-order valence-corrected chi connectivity index (χ0v) is 10.9. The first-order valence-electron chi connectivity index (χ1n) is 5.69. The molecular formula is C13H9F9. The minimum atomic E-state index is -6.88. The first-order valence-corrected chi connectivity index (χ1v) is 5.69. The van der Waals surface area contributed by atoms with Crippen LogP contribution in [0, 0.1) is 0 Å². The summed E-state index contributed by atoms with van der Waals surface area (Å²) in [6, 6.07) is 6.60. The lowest BCUT2D eigenvalue weighted by Crippen LogP contribution is -2.60. The summed E-state index contributed by atoms with van der Waals surface area (Å²) < 4.78 is 114. The van der Waals surface area contributed by atoms with Crippen LogP contribution in [-0.2, 0) is 0 Å². The normalized spacial score (nSPS) is 15.1. The molecule has 0 radical (unpaired) electrons. The number of benzene rings is 1. The molecule has 0 aliphatic carbocycles. The molecule has 9 heteroatoms. The molecule has 0 aliphatic heterocycles. The second kappa shape index (κ2) is 5.51. The summed E-state index contributed by atoms with van der Waals surface area (Å²) in [7, 11) is 0. The van der Waals surface area contributed by atoms with Crippen molar-refractivity contribution in [1.29, 1.82) is 0 Å². The summed E-state index contributed by atoms with van der Waals surface area (Å²) in [5.41, 5.74) is -0.587. The van der Waals surface area contributed by atoms with Gasteiger partial charge in [0.05, 0.1) is 0 Å². The number of rotatable bonds is 4. The van der Waals surface area contributed by atoms with E-state index in [1.807, 2.05) is 0 Å². The van der Waals surface area contributed by atoms with Crippen LogP contribution in [0.5, 0.6) is 0 Å². The quantitative estimate of drug-likeness (QED) is 0.632. The van der Waals surface area contributed by atoms with Crippen molar-refractivity contribution in [1.82, 2.24) is 0 Å². The molecule has 0 spiro atoms. The van der Waals surface area contributed by atoms with E-state index in [2.05, 4.69) is 0 Å². The van der Waals surface area contributed by atoms with Gasteiger partial charge in [0, 0.05) is 0 Å². The molecule has 0 amide bonds. The first kappa shape index (κ1) is 18.4. The van der Waals surface area contributed by atoms with Crippen LogP contribution in [0.15, 0.2) is 36.4 Å². The van der Waals surface area contributed by atoms with Crippen molar-refractivity contribution >= 4 is 5.57 Å². The molecule has 0 aliphatic rings. The van der Waals surface area contributed by atoms with Gasteiger partial charge in [-0.15, -0.1) is 0 Å². The van der Waals surface area contributed by atoms with Crippen molar-refractivity contribution in [2.24, 2.45) is 0 Å². The maximum absolute atomic E-state index is 13.4. The van der Waals surface area contributed by atoms with Crippen LogP contribution in [0.25, 0.3) is 5.57 Å². The van der Waals surface area contributed by atoms with Gasteiger partial charge < -0.3 is 0 Å². The van der Waals surface area contributed by atoms with Gasteiger partial charge in [0.25, 0.3) is 0 Å². The molecule has 0 atom stereocenters. The molecule has 124 valence electrons. The van der Waals surface area contributed by atoms with Crippen molar-refractivity contribution in [3.8, 4) is 0 Å². The summed E-state index contributed by atoms with van der Waals surface area (Å²) in [4.78, 5) is 0. The molecule has 0 aromatic heterocycles. The lowest BCUT2D eigenvalue weighted by Gasteiger charge is -2.32. The maximum atomic E-state index is 13.4. The van der Waals surface area contributed by atoms with Gasteiger partial charge in [0.15, 0.2) is 0 Å². The molecule has 0 N–H and O–H groups in total. The predicted molar refractivity (Wildman–Crippen MR) is 61.0 cm³/mol.